The highest BCUT2D eigenvalue weighted by Crippen LogP contribution is 2.12. The fourth-order valence-corrected chi connectivity index (χ4v) is 7.58. The predicted octanol–water partition coefficient (Wildman–Crippen LogP) is 21.3. The molecule has 0 rings (SSSR count). The van der Waals surface area contributed by atoms with Crippen LogP contribution in [0.1, 0.15) is 233 Å². The van der Waals surface area contributed by atoms with Gasteiger partial charge in [-0.15, -0.1) is 0 Å². The number of unbranched alkanes of at least 4 members (excludes halogenated alkanes) is 12. The van der Waals surface area contributed by atoms with Crippen LogP contribution in [0.15, 0.2) is 182 Å². The van der Waals surface area contributed by atoms with E-state index in [1.54, 1.807) is 0 Å². The minimum atomic E-state index is -0.835. The van der Waals surface area contributed by atoms with Crippen molar-refractivity contribution in [2.24, 2.45) is 0 Å². The molecule has 0 aliphatic carbocycles. The summed E-state index contributed by atoms with van der Waals surface area (Å²) in [4.78, 5) is 38.2. The van der Waals surface area contributed by atoms with E-state index in [0.717, 1.165) is 154 Å². The summed E-state index contributed by atoms with van der Waals surface area (Å²) in [6.07, 6.45) is 96.2. The van der Waals surface area contributed by atoms with E-state index in [-0.39, 0.29) is 37.5 Å². The number of carbonyl (C=O) groups excluding carboxylic acids is 3. The van der Waals surface area contributed by atoms with Crippen molar-refractivity contribution >= 4 is 17.9 Å². The second kappa shape index (κ2) is 64.0. The molecule has 78 heavy (non-hydrogen) atoms. The van der Waals surface area contributed by atoms with Gasteiger partial charge in [0, 0.05) is 19.3 Å². The maximum atomic E-state index is 12.8. The second-order valence-electron chi connectivity index (χ2n) is 19.5. The maximum absolute atomic E-state index is 12.8. The van der Waals surface area contributed by atoms with Gasteiger partial charge in [0.2, 0.25) is 0 Å². The summed E-state index contributed by atoms with van der Waals surface area (Å²) >= 11 is 0. The second-order valence-corrected chi connectivity index (χ2v) is 19.5. The number of carbonyl (C=O) groups is 3. The lowest BCUT2D eigenvalue weighted by Crippen LogP contribution is -2.30. The van der Waals surface area contributed by atoms with Crippen molar-refractivity contribution < 1.29 is 28.6 Å². The fourth-order valence-electron chi connectivity index (χ4n) is 7.58. The first-order valence-electron chi connectivity index (χ1n) is 30.8. The molecule has 0 aromatic carbocycles. The molecule has 0 bridgehead atoms. The summed E-state index contributed by atoms with van der Waals surface area (Å²) in [5, 5.41) is 0. The van der Waals surface area contributed by atoms with Crippen molar-refractivity contribution in [2.45, 2.75) is 239 Å². The average molecular weight is 1070 g/mol. The molecule has 0 aliphatic heterocycles. The van der Waals surface area contributed by atoms with Gasteiger partial charge in [-0.2, -0.15) is 0 Å². The van der Waals surface area contributed by atoms with Crippen LogP contribution in [0.25, 0.3) is 0 Å². The Morgan fingerprint density at radius 3 is 0.846 bits per heavy atom. The molecule has 0 radical (unpaired) electrons. The molecule has 1 atom stereocenters. The molecule has 0 heterocycles. The number of allylic oxidation sites excluding steroid dienone is 30. The summed E-state index contributed by atoms with van der Waals surface area (Å²) in [6, 6.07) is 0. The van der Waals surface area contributed by atoms with Crippen molar-refractivity contribution in [3.63, 3.8) is 0 Å². The first-order chi connectivity index (χ1) is 38.5. The van der Waals surface area contributed by atoms with Crippen molar-refractivity contribution in [3.05, 3.63) is 182 Å². The number of ether oxygens (including phenoxy) is 3. The third kappa shape index (κ3) is 61.4. The highest BCUT2D eigenvalue weighted by molar-refractivity contribution is 5.71. The zero-order valence-electron chi connectivity index (χ0n) is 49.6. The van der Waals surface area contributed by atoms with Crippen LogP contribution in [0.4, 0.5) is 0 Å². The number of rotatable bonds is 53. The molecule has 0 aromatic heterocycles. The first-order valence-corrected chi connectivity index (χ1v) is 30.8. The van der Waals surface area contributed by atoms with E-state index in [0.29, 0.717) is 19.3 Å². The molecular weight excluding hydrogens is 961 g/mol. The Morgan fingerprint density at radius 1 is 0.269 bits per heavy atom. The van der Waals surface area contributed by atoms with E-state index in [2.05, 4.69) is 203 Å². The molecule has 0 aliphatic rings. The van der Waals surface area contributed by atoms with Gasteiger partial charge in [-0.25, -0.2) is 0 Å². The predicted molar refractivity (Wildman–Crippen MR) is 338 cm³/mol. The Labute approximate surface area is 478 Å². The van der Waals surface area contributed by atoms with Crippen LogP contribution in [-0.4, -0.2) is 37.2 Å². The van der Waals surface area contributed by atoms with Gasteiger partial charge >= 0.3 is 17.9 Å². The van der Waals surface area contributed by atoms with E-state index < -0.39 is 6.10 Å². The zero-order chi connectivity index (χ0) is 56.4. The van der Waals surface area contributed by atoms with Crippen molar-refractivity contribution in [1.82, 2.24) is 0 Å². The topological polar surface area (TPSA) is 78.9 Å². The van der Waals surface area contributed by atoms with E-state index in [1.807, 2.05) is 0 Å². The van der Waals surface area contributed by atoms with Crippen LogP contribution in [-0.2, 0) is 28.6 Å². The van der Waals surface area contributed by atoms with Crippen LogP contribution < -0.4 is 0 Å². The highest BCUT2D eigenvalue weighted by Gasteiger charge is 2.19. The molecule has 6 heteroatoms. The van der Waals surface area contributed by atoms with Crippen molar-refractivity contribution in [2.75, 3.05) is 13.2 Å². The normalized spacial score (nSPS) is 13.4. The van der Waals surface area contributed by atoms with Gasteiger partial charge < -0.3 is 14.2 Å². The fraction of sp³-hybridized carbons (Fsp3) is 0.542. The molecule has 0 saturated carbocycles. The molecule has 1 unspecified atom stereocenters. The Kier molecular flexibility index (Phi) is 59.5. The number of esters is 3. The number of hydrogen-bond donors (Lipinski definition) is 0. The third-order valence-electron chi connectivity index (χ3n) is 12.1. The first kappa shape index (κ1) is 72.5. The standard InChI is InChI=1S/C72H110O6/c1-4-7-10-13-16-19-22-25-27-29-30-31-32-33-34-35-36-37-38-39-40-41-42-44-45-47-50-53-56-59-62-65-71(74)77-68-69(67-76-70(73)64-61-58-55-52-49-24-21-18-15-12-9-6-3)78-72(75)66-63-60-57-54-51-48-46-43-28-26-23-20-17-14-11-8-5-2/h7-8,10-11,16-21,25-28,30-31,33-34,36-37,39-40,42,44,46-48,50,54,57,69H,4-6,9,12-15,22-24,29,32,35,38,41,43,45,49,51-53,55-56,58-68H2,1-3H3/b10-7-,11-8-,19-16-,20-17-,21-18-,27-25-,28-26-,31-30-,34-33-,37-36-,40-39-,44-42-,48-46-,50-47-,57-54-. The van der Waals surface area contributed by atoms with Crippen LogP contribution in [0.2, 0.25) is 0 Å². The van der Waals surface area contributed by atoms with Gasteiger partial charge in [0.1, 0.15) is 13.2 Å². The molecule has 0 aromatic rings. The minimum Gasteiger partial charge on any atom is -0.462 e. The summed E-state index contributed by atoms with van der Waals surface area (Å²) in [5.41, 5.74) is 0. The van der Waals surface area contributed by atoms with Crippen LogP contribution in [0, 0.1) is 0 Å². The van der Waals surface area contributed by atoms with Crippen LogP contribution in [0.3, 0.4) is 0 Å². The quantitative estimate of drug-likeness (QED) is 0.0261. The van der Waals surface area contributed by atoms with Crippen molar-refractivity contribution in [3.8, 4) is 0 Å². The smallest absolute Gasteiger partial charge is 0.306 e. The summed E-state index contributed by atoms with van der Waals surface area (Å²) in [7, 11) is 0. The molecule has 0 saturated heterocycles. The van der Waals surface area contributed by atoms with Crippen LogP contribution in [0.5, 0.6) is 0 Å². The van der Waals surface area contributed by atoms with E-state index in [1.165, 1.54) is 32.1 Å². The Hall–Kier alpha value is -5.49. The molecule has 0 N–H and O–H groups in total. The Balaban J connectivity index is 4.46. The van der Waals surface area contributed by atoms with E-state index in [9.17, 15) is 14.4 Å². The monoisotopic (exact) mass is 1070 g/mol. The van der Waals surface area contributed by atoms with Gasteiger partial charge in [-0.05, 0) is 154 Å². The van der Waals surface area contributed by atoms with Gasteiger partial charge in [0.15, 0.2) is 6.10 Å². The molecule has 6 nitrogen and oxygen atoms in total. The molecular formula is C72H110O6. The van der Waals surface area contributed by atoms with Gasteiger partial charge in [0.05, 0.1) is 0 Å². The average Bonchev–Trinajstić information content (AvgIpc) is 3.44. The lowest BCUT2D eigenvalue weighted by atomic mass is 10.1. The lowest BCUT2D eigenvalue weighted by Gasteiger charge is -2.18. The van der Waals surface area contributed by atoms with Crippen LogP contribution >= 0.6 is 0 Å². The number of hydrogen-bond acceptors (Lipinski definition) is 6. The summed E-state index contributed by atoms with van der Waals surface area (Å²) in [6.45, 7) is 6.28. The summed E-state index contributed by atoms with van der Waals surface area (Å²) < 4.78 is 16.8. The maximum Gasteiger partial charge on any atom is 0.306 e. The largest absolute Gasteiger partial charge is 0.462 e. The Bertz CT molecular complexity index is 1850. The zero-order valence-corrected chi connectivity index (χ0v) is 49.6. The molecule has 0 fully saturated rings. The van der Waals surface area contributed by atoms with Gasteiger partial charge in [-0.1, -0.05) is 242 Å². The third-order valence-corrected chi connectivity index (χ3v) is 12.1. The van der Waals surface area contributed by atoms with Crippen molar-refractivity contribution in [1.29, 1.82) is 0 Å². The lowest BCUT2D eigenvalue weighted by molar-refractivity contribution is -0.167. The van der Waals surface area contributed by atoms with Gasteiger partial charge in [0.25, 0.3) is 0 Å². The molecule has 434 valence electrons. The highest BCUT2D eigenvalue weighted by atomic mass is 16.6. The molecule has 0 amide bonds. The molecule has 0 spiro atoms. The summed E-state index contributed by atoms with van der Waals surface area (Å²) in [5.74, 6) is -1.04. The van der Waals surface area contributed by atoms with E-state index in [4.69, 9.17) is 14.2 Å². The SMILES string of the molecule is CC/C=C\C/C=C\C/C=C\C/C=C\C/C=C\C/C=C\C/C=C\C/C=C\C/C=C\CCCCCC(=O)OCC(COC(=O)CCCCCCC/C=C\CCCCC)OC(=O)CCC/C=C\C/C=C\C/C=C\C/C=C\C/C=C\CC. The van der Waals surface area contributed by atoms with Gasteiger partial charge in [-0.3, -0.25) is 14.4 Å². The minimum absolute atomic E-state index is 0.124. The van der Waals surface area contributed by atoms with E-state index >= 15 is 0 Å². The Morgan fingerprint density at radius 2 is 0.513 bits per heavy atom.